The Hall–Kier alpha value is 0.140. The molecule has 1 heterocycles. The van der Waals surface area contributed by atoms with Crippen LogP contribution in [0.25, 0.3) is 0 Å². The summed E-state index contributed by atoms with van der Waals surface area (Å²) < 4.78 is 1.24. The van der Waals surface area contributed by atoms with Crippen molar-refractivity contribution in [3.8, 4) is 0 Å². The molecular formula is C17H28BrNS. The number of hydrogen-bond acceptors (Lipinski definition) is 2. The van der Waals surface area contributed by atoms with Gasteiger partial charge in [-0.3, -0.25) is 0 Å². The minimum Gasteiger partial charge on any atom is -0.314 e. The van der Waals surface area contributed by atoms with Gasteiger partial charge < -0.3 is 5.32 Å². The molecule has 0 aliphatic heterocycles. The Kier molecular flexibility index (Phi) is 5.72. The van der Waals surface area contributed by atoms with Gasteiger partial charge in [0.2, 0.25) is 0 Å². The number of hydrogen-bond donors (Lipinski definition) is 1. The van der Waals surface area contributed by atoms with E-state index in [0.29, 0.717) is 11.5 Å². The highest BCUT2D eigenvalue weighted by atomic mass is 79.9. The fourth-order valence-electron chi connectivity index (χ4n) is 3.53. The third-order valence-corrected chi connectivity index (χ3v) is 6.48. The van der Waals surface area contributed by atoms with Crippen molar-refractivity contribution < 1.29 is 0 Å². The van der Waals surface area contributed by atoms with Gasteiger partial charge in [0.25, 0.3) is 0 Å². The summed E-state index contributed by atoms with van der Waals surface area (Å²) in [6.45, 7) is 10.5. The number of rotatable bonds is 4. The van der Waals surface area contributed by atoms with Crippen LogP contribution in [0.5, 0.6) is 0 Å². The van der Waals surface area contributed by atoms with Crippen molar-refractivity contribution in [3.05, 3.63) is 20.8 Å². The molecule has 1 nitrogen and oxygen atoms in total. The lowest BCUT2D eigenvalue weighted by Gasteiger charge is -2.42. The summed E-state index contributed by atoms with van der Waals surface area (Å²) in [7, 11) is 0. The topological polar surface area (TPSA) is 12.0 Å². The highest BCUT2D eigenvalue weighted by molar-refractivity contribution is 9.10. The third kappa shape index (κ3) is 4.32. The molecule has 0 amide bonds. The Morgan fingerprint density at radius 1 is 1.35 bits per heavy atom. The average molecular weight is 358 g/mol. The minimum absolute atomic E-state index is 0.450. The molecule has 1 fully saturated rings. The predicted molar refractivity (Wildman–Crippen MR) is 93.5 cm³/mol. The van der Waals surface area contributed by atoms with Gasteiger partial charge >= 0.3 is 0 Å². The molecular weight excluding hydrogens is 330 g/mol. The number of nitrogens with one attached hydrogen (secondary N) is 1. The maximum atomic E-state index is 3.73. The van der Waals surface area contributed by atoms with Crippen LogP contribution in [-0.2, 0) is 6.42 Å². The van der Waals surface area contributed by atoms with Gasteiger partial charge in [0.15, 0.2) is 0 Å². The Labute approximate surface area is 136 Å². The summed E-state index contributed by atoms with van der Waals surface area (Å²) in [4.78, 5) is 1.53. The van der Waals surface area contributed by atoms with E-state index >= 15 is 0 Å². The maximum absolute atomic E-state index is 3.73. The molecule has 0 radical (unpaired) electrons. The van der Waals surface area contributed by atoms with Gasteiger partial charge in [0, 0.05) is 20.8 Å². The third-order valence-electron chi connectivity index (χ3n) is 4.76. The Morgan fingerprint density at radius 2 is 2.10 bits per heavy atom. The summed E-state index contributed by atoms with van der Waals surface area (Å²) in [6, 6.07) is 3.01. The van der Waals surface area contributed by atoms with E-state index in [4.69, 9.17) is 0 Å². The summed E-state index contributed by atoms with van der Waals surface area (Å²) in [5.74, 6) is 1.66. The molecule has 0 saturated heterocycles. The molecule has 0 bridgehead atoms. The van der Waals surface area contributed by atoms with E-state index in [-0.39, 0.29) is 0 Å². The first kappa shape index (κ1) is 16.5. The smallest absolute Gasteiger partial charge is 0.0285 e. The second kappa shape index (κ2) is 6.93. The highest BCUT2D eigenvalue weighted by Crippen LogP contribution is 2.41. The zero-order chi connectivity index (χ0) is 14.8. The number of halogens is 1. The lowest BCUT2D eigenvalue weighted by atomic mass is 9.66. The molecule has 0 spiro atoms. The van der Waals surface area contributed by atoms with E-state index in [1.54, 1.807) is 0 Å². The SMILES string of the molecule is CCNC1CCC(C(C)(C)C)CC1Cc1cc(Br)cs1. The molecule has 1 aliphatic carbocycles. The second-order valence-corrected chi connectivity index (χ2v) is 9.15. The van der Waals surface area contributed by atoms with Crippen molar-refractivity contribution in [2.45, 2.75) is 59.4 Å². The summed E-state index contributed by atoms with van der Waals surface area (Å²) in [5, 5.41) is 5.94. The van der Waals surface area contributed by atoms with Gasteiger partial charge in [-0.2, -0.15) is 0 Å². The molecule has 1 N–H and O–H groups in total. The molecule has 1 aromatic heterocycles. The summed E-state index contributed by atoms with van der Waals surface area (Å²) >= 11 is 5.48. The fraction of sp³-hybridized carbons (Fsp3) is 0.765. The molecule has 2 rings (SSSR count). The molecule has 114 valence electrons. The summed E-state index contributed by atoms with van der Waals surface area (Å²) in [6.07, 6.45) is 5.33. The van der Waals surface area contributed by atoms with Crippen molar-refractivity contribution in [1.82, 2.24) is 5.32 Å². The minimum atomic E-state index is 0.450. The van der Waals surface area contributed by atoms with Crippen LogP contribution in [0.3, 0.4) is 0 Å². The lowest BCUT2D eigenvalue weighted by molar-refractivity contribution is 0.115. The molecule has 0 aromatic carbocycles. The average Bonchev–Trinajstić information content (AvgIpc) is 2.76. The fourth-order valence-corrected chi connectivity index (χ4v) is 5.07. The van der Waals surface area contributed by atoms with Gasteiger partial charge in [-0.25, -0.2) is 0 Å². The molecule has 3 atom stereocenters. The molecule has 1 aliphatic rings. The highest BCUT2D eigenvalue weighted by Gasteiger charge is 2.35. The van der Waals surface area contributed by atoms with Crippen LogP contribution in [0.15, 0.2) is 15.9 Å². The van der Waals surface area contributed by atoms with E-state index < -0.39 is 0 Å². The van der Waals surface area contributed by atoms with Crippen LogP contribution in [0, 0.1) is 17.3 Å². The molecule has 20 heavy (non-hydrogen) atoms. The Morgan fingerprint density at radius 3 is 2.65 bits per heavy atom. The molecule has 3 unspecified atom stereocenters. The first-order valence-electron chi connectivity index (χ1n) is 7.86. The quantitative estimate of drug-likeness (QED) is 0.750. The van der Waals surface area contributed by atoms with E-state index in [2.05, 4.69) is 60.4 Å². The van der Waals surface area contributed by atoms with Crippen molar-refractivity contribution in [1.29, 1.82) is 0 Å². The zero-order valence-corrected chi connectivity index (χ0v) is 15.6. The van der Waals surface area contributed by atoms with E-state index in [1.807, 2.05) is 11.3 Å². The van der Waals surface area contributed by atoms with Crippen molar-refractivity contribution in [2.75, 3.05) is 6.54 Å². The molecule has 1 saturated carbocycles. The van der Waals surface area contributed by atoms with Gasteiger partial charge in [0.1, 0.15) is 0 Å². The second-order valence-electron chi connectivity index (χ2n) is 7.24. The first-order valence-corrected chi connectivity index (χ1v) is 9.53. The largest absolute Gasteiger partial charge is 0.314 e. The Bertz CT molecular complexity index is 421. The van der Waals surface area contributed by atoms with E-state index in [1.165, 1.54) is 35.0 Å². The standard InChI is InChI=1S/C17H28BrNS/c1-5-19-16-7-6-13(17(2,3)4)8-12(16)9-15-10-14(18)11-20-15/h10-13,16,19H,5-9H2,1-4H3. The van der Waals surface area contributed by atoms with Crippen LogP contribution >= 0.6 is 27.3 Å². The van der Waals surface area contributed by atoms with Crippen LogP contribution in [0.2, 0.25) is 0 Å². The maximum Gasteiger partial charge on any atom is 0.0285 e. The molecule has 1 aromatic rings. The van der Waals surface area contributed by atoms with Crippen molar-refractivity contribution >= 4 is 27.3 Å². The van der Waals surface area contributed by atoms with Gasteiger partial charge in [-0.05, 0) is 71.5 Å². The summed E-state index contributed by atoms with van der Waals surface area (Å²) in [5.41, 5.74) is 0.450. The number of thiophene rings is 1. The molecule has 3 heteroatoms. The predicted octanol–water partition coefficient (Wildman–Crippen LogP) is 5.49. The van der Waals surface area contributed by atoms with Crippen LogP contribution in [-0.4, -0.2) is 12.6 Å². The van der Waals surface area contributed by atoms with Crippen LogP contribution in [0.1, 0.15) is 51.8 Å². The van der Waals surface area contributed by atoms with Crippen molar-refractivity contribution in [2.24, 2.45) is 17.3 Å². The Balaban J connectivity index is 2.06. The van der Waals surface area contributed by atoms with Crippen LogP contribution < -0.4 is 5.32 Å². The monoisotopic (exact) mass is 357 g/mol. The van der Waals surface area contributed by atoms with E-state index in [9.17, 15) is 0 Å². The normalized spacial score (nSPS) is 27.8. The zero-order valence-electron chi connectivity index (χ0n) is 13.2. The van der Waals surface area contributed by atoms with Gasteiger partial charge in [-0.15, -0.1) is 11.3 Å². The van der Waals surface area contributed by atoms with Crippen molar-refractivity contribution in [3.63, 3.8) is 0 Å². The first-order chi connectivity index (χ1) is 9.40. The van der Waals surface area contributed by atoms with Crippen LogP contribution in [0.4, 0.5) is 0 Å². The lowest BCUT2D eigenvalue weighted by Crippen LogP contribution is -2.43. The van der Waals surface area contributed by atoms with E-state index in [0.717, 1.165) is 18.4 Å². The van der Waals surface area contributed by atoms with Gasteiger partial charge in [-0.1, -0.05) is 27.7 Å². The van der Waals surface area contributed by atoms with Gasteiger partial charge in [0.05, 0.1) is 0 Å².